The van der Waals surface area contributed by atoms with Crippen LogP contribution < -0.4 is 10.6 Å². The van der Waals surface area contributed by atoms with Crippen LogP contribution >= 0.6 is 0 Å². The second-order valence-electron chi connectivity index (χ2n) is 3.62. The lowest BCUT2D eigenvalue weighted by Crippen LogP contribution is -2.24. The number of rotatable bonds is 1. The standard InChI is InChI=1S/C5H11NO.C4H9NO/c7-4-5-2-1-3-6-5;6-4-1-2-5-3-4/h5-7H,1-4H2;4-6H,1-3H2/t5-;4-/m01/s1. The molecule has 0 aliphatic carbocycles. The third-order valence-electron chi connectivity index (χ3n) is 2.42. The van der Waals surface area contributed by atoms with Gasteiger partial charge in [-0.15, -0.1) is 0 Å². The summed E-state index contributed by atoms with van der Waals surface area (Å²) in [6.07, 6.45) is 3.24. The predicted molar refractivity (Wildman–Crippen MR) is 51.6 cm³/mol. The summed E-state index contributed by atoms with van der Waals surface area (Å²) in [5.74, 6) is 0. The van der Waals surface area contributed by atoms with Crippen LogP contribution in [0.1, 0.15) is 19.3 Å². The Morgan fingerprint density at radius 1 is 1.23 bits per heavy atom. The molecule has 2 atom stereocenters. The number of β-amino-alcohol motifs (C(OH)–C–C–N with tert-alkyl or cyclic N) is 1. The normalized spacial score (nSPS) is 32.8. The summed E-state index contributed by atoms with van der Waals surface area (Å²) in [5, 5.41) is 23.3. The molecule has 2 aliphatic rings. The molecule has 2 fully saturated rings. The van der Waals surface area contributed by atoms with Gasteiger partial charge in [0.1, 0.15) is 0 Å². The Labute approximate surface area is 79.3 Å². The van der Waals surface area contributed by atoms with E-state index < -0.39 is 0 Å². The Hall–Kier alpha value is -0.160. The molecule has 0 unspecified atom stereocenters. The molecule has 4 heteroatoms. The van der Waals surface area contributed by atoms with E-state index >= 15 is 0 Å². The molecule has 0 spiro atoms. The highest BCUT2D eigenvalue weighted by atomic mass is 16.3. The fourth-order valence-electron chi connectivity index (χ4n) is 1.55. The van der Waals surface area contributed by atoms with Gasteiger partial charge in [-0.05, 0) is 32.4 Å². The van der Waals surface area contributed by atoms with Gasteiger partial charge in [0.25, 0.3) is 0 Å². The van der Waals surface area contributed by atoms with E-state index in [1.54, 1.807) is 0 Å². The van der Waals surface area contributed by atoms with Gasteiger partial charge >= 0.3 is 0 Å². The van der Waals surface area contributed by atoms with Crippen molar-refractivity contribution in [3.05, 3.63) is 0 Å². The molecule has 13 heavy (non-hydrogen) atoms. The number of hydrogen-bond donors (Lipinski definition) is 4. The highest BCUT2D eigenvalue weighted by Crippen LogP contribution is 2.02. The van der Waals surface area contributed by atoms with E-state index in [1.165, 1.54) is 6.42 Å². The van der Waals surface area contributed by atoms with Gasteiger partial charge in [-0.25, -0.2) is 0 Å². The van der Waals surface area contributed by atoms with Gasteiger partial charge in [0, 0.05) is 12.6 Å². The molecule has 2 aliphatic heterocycles. The van der Waals surface area contributed by atoms with Gasteiger partial charge in [-0.2, -0.15) is 0 Å². The lowest BCUT2D eigenvalue weighted by molar-refractivity contribution is 0.196. The first-order valence-corrected chi connectivity index (χ1v) is 5.06. The number of nitrogens with one attached hydrogen (secondary N) is 2. The Balaban J connectivity index is 0.000000132. The van der Waals surface area contributed by atoms with Crippen molar-refractivity contribution < 1.29 is 10.2 Å². The molecule has 0 bridgehead atoms. The average molecular weight is 188 g/mol. The lowest BCUT2D eigenvalue weighted by Gasteiger charge is -2.01. The minimum absolute atomic E-state index is 0.0648. The predicted octanol–water partition coefficient (Wildman–Crippen LogP) is -0.929. The van der Waals surface area contributed by atoms with Crippen LogP contribution in [0.2, 0.25) is 0 Å². The molecule has 0 saturated carbocycles. The minimum atomic E-state index is -0.0648. The topological polar surface area (TPSA) is 64.5 Å². The summed E-state index contributed by atoms with van der Waals surface area (Å²) in [5.41, 5.74) is 0. The Kier molecular flexibility index (Phi) is 5.31. The lowest BCUT2D eigenvalue weighted by atomic mass is 10.2. The summed E-state index contributed by atoms with van der Waals surface area (Å²) >= 11 is 0. The van der Waals surface area contributed by atoms with E-state index in [0.29, 0.717) is 12.6 Å². The Morgan fingerprint density at radius 2 is 2.08 bits per heavy atom. The van der Waals surface area contributed by atoms with Gasteiger partial charge in [-0.1, -0.05) is 0 Å². The minimum Gasteiger partial charge on any atom is -0.395 e. The van der Waals surface area contributed by atoms with Gasteiger partial charge in [0.05, 0.1) is 12.7 Å². The molecule has 0 amide bonds. The second-order valence-corrected chi connectivity index (χ2v) is 3.62. The van der Waals surface area contributed by atoms with Crippen molar-refractivity contribution in [3.8, 4) is 0 Å². The molecular formula is C9H20N2O2. The van der Waals surface area contributed by atoms with E-state index in [1.807, 2.05) is 0 Å². The second kappa shape index (κ2) is 6.32. The van der Waals surface area contributed by atoms with Crippen LogP contribution in [-0.2, 0) is 0 Å². The molecule has 0 aromatic rings. The van der Waals surface area contributed by atoms with Gasteiger partial charge < -0.3 is 20.8 Å². The quantitative estimate of drug-likeness (QED) is 0.429. The maximum absolute atomic E-state index is 8.67. The van der Waals surface area contributed by atoms with Crippen molar-refractivity contribution in [1.82, 2.24) is 10.6 Å². The summed E-state index contributed by atoms with van der Waals surface area (Å²) in [7, 11) is 0. The monoisotopic (exact) mass is 188 g/mol. The van der Waals surface area contributed by atoms with E-state index in [9.17, 15) is 0 Å². The zero-order chi connectivity index (χ0) is 9.52. The molecular weight excluding hydrogens is 168 g/mol. The van der Waals surface area contributed by atoms with Crippen molar-refractivity contribution in [2.24, 2.45) is 0 Å². The summed E-state index contributed by atoms with van der Waals surface area (Å²) < 4.78 is 0. The highest BCUT2D eigenvalue weighted by molar-refractivity contribution is 4.71. The summed E-state index contributed by atoms with van der Waals surface area (Å²) in [4.78, 5) is 0. The smallest absolute Gasteiger partial charge is 0.0676 e. The van der Waals surface area contributed by atoms with E-state index in [0.717, 1.165) is 32.5 Å². The molecule has 4 nitrogen and oxygen atoms in total. The van der Waals surface area contributed by atoms with Crippen molar-refractivity contribution in [1.29, 1.82) is 0 Å². The van der Waals surface area contributed by atoms with Crippen LogP contribution in [-0.4, -0.2) is 48.6 Å². The molecule has 2 heterocycles. The average Bonchev–Trinajstić information content (AvgIpc) is 2.76. The van der Waals surface area contributed by atoms with Gasteiger partial charge in [-0.3, -0.25) is 0 Å². The fraction of sp³-hybridized carbons (Fsp3) is 1.00. The molecule has 0 aromatic heterocycles. The largest absolute Gasteiger partial charge is 0.395 e. The maximum atomic E-state index is 8.67. The van der Waals surface area contributed by atoms with Crippen LogP contribution in [0.25, 0.3) is 0 Å². The number of aliphatic hydroxyl groups excluding tert-OH is 2. The van der Waals surface area contributed by atoms with E-state index in [2.05, 4.69) is 10.6 Å². The molecule has 0 radical (unpaired) electrons. The first-order chi connectivity index (χ1) is 6.33. The van der Waals surface area contributed by atoms with E-state index in [4.69, 9.17) is 10.2 Å². The molecule has 4 N–H and O–H groups in total. The van der Waals surface area contributed by atoms with Gasteiger partial charge in [0.2, 0.25) is 0 Å². The SMILES string of the molecule is OC[C@@H]1CCCN1.O[C@@H]1CCNC1. The summed E-state index contributed by atoms with van der Waals surface area (Å²) in [6.45, 7) is 3.17. The van der Waals surface area contributed by atoms with Crippen LogP contribution in [0.4, 0.5) is 0 Å². The zero-order valence-electron chi connectivity index (χ0n) is 8.00. The summed E-state index contributed by atoms with van der Waals surface area (Å²) in [6, 6.07) is 0.403. The third kappa shape index (κ3) is 4.57. The van der Waals surface area contributed by atoms with Crippen LogP contribution in [0.15, 0.2) is 0 Å². The van der Waals surface area contributed by atoms with Gasteiger partial charge in [0.15, 0.2) is 0 Å². The van der Waals surface area contributed by atoms with Crippen molar-refractivity contribution >= 4 is 0 Å². The number of aliphatic hydroxyl groups is 2. The first kappa shape index (κ1) is 10.9. The van der Waals surface area contributed by atoms with Crippen LogP contribution in [0.5, 0.6) is 0 Å². The highest BCUT2D eigenvalue weighted by Gasteiger charge is 2.10. The maximum Gasteiger partial charge on any atom is 0.0676 e. The van der Waals surface area contributed by atoms with Crippen molar-refractivity contribution in [2.75, 3.05) is 26.2 Å². The molecule has 0 aromatic carbocycles. The van der Waals surface area contributed by atoms with Crippen molar-refractivity contribution in [2.45, 2.75) is 31.4 Å². The Bertz CT molecular complexity index is 121. The Morgan fingerprint density at radius 3 is 2.31 bits per heavy atom. The molecule has 78 valence electrons. The first-order valence-electron chi connectivity index (χ1n) is 5.06. The third-order valence-corrected chi connectivity index (χ3v) is 2.42. The van der Waals surface area contributed by atoms with Crippen LogP contribution in [0, 0.1) is 0 Å². The molecule has 2 saturated heterocycles. The number of hydrogen-bond acceptors (Lipinski definition) is 4. The van der Waals surface area contributed by atoms with Crippen LogP contribution in [0.3, 0.4) is 0 Å². The van der Waals surface area contributed by atoms with E-state index in [-0.39, 0.29) is 6.10 Å². The fourth-order valence-corrected chi connectivity index (χ4v) is 1.55. The zero-order valence-corrected chi connectivity index (χ0v) is 8.00. The molecule has 2 rings (SSSR count). The van der Waals surface area contributed by atoms with Crippen molar-refractivity contribution in [3.63, 3.8) is 0 Å².